The first-order valence-electron chi connectivity index (χ1n) is 10.8. The largest absolute Gasteiger partial charge is 0.457 e. The number of benzene rings is 2. The monoisotopic (exact) mass is 428 g/mol. The lowest BCUT2D eigenvalue weighted by Crippen LogP contribution is -2.01. The summed E-state index contributed by atoms with van der Waals surface area (Å²) in [5.74, 6) is 2.62. The molecule has 4 aromatic rings. The number of carbonyl (C=O) groups is 1. The number of ketones is 1. The van der Waals surface area contributed by atoms with Crippen LogP contribution in [0.1, 0.15) is 43.5 Å². The van der Waals surface area contributed by atoms with E-state index in [1.54, 1.807) is 25.3 Å². The zero-order valence-electron chi connectivity index (χ0n) is 19.1. The summed E-state index contributed by atoms with van der Waals surface area (Å²) < 4.78 is 8.04. The molecule has 2 heterocycles. The van der Waals surface area contributed by atoms with Gasteiger partial charge in [0.1, 0.15) is 17.3 Å². The van der Waals surface area contributed by atoms with Gasteiger partial charge >= 0.3 is 0 Å². The number of Topliss-reactive ketones (excluding diaryl/α,β-unsaturated/α-hetero) is 1. The lowest BCUT2D eigenvalue weighted by Gasteiger charge is -2.13. The van der Waals surface area contributed by atoms with E-state index in [4.69, 9.17) is 9.72 Å². The van der Waals surface area contributed by atoms with Gasteiger partial charge in [-0.05, 0) is 61.2 Å². The fourth-order valence-electron chi connectivity index (χ4n) is 3.83. The van der Waals surface area contributed by atoms with Gasteiger partial charge < -0.3 is 14.6 Å². The number of aryl methyl sites for hydroxylation is 2. The van der Waals surface area contributed by atoms with Crippen LogP contribution in [0, 0.1) is 6.92 Å². The number of hydrogen-bond donors (Lipinski definition) is 1. The first-order valence-corrected chi connectivity index (χ1v) is 10.8. The van der Waals surface area contributed by atoms with E-state index < -0.39 is 0 Å². The molecular formula is C26H28N4O2. The highest BCUT2D eigenvalue weighted by Gasteiger charge is 2.11. The fraction of sp³-hybridized carbons (Fsp3) is 0.269. The highest BCUT2D eigenvalue weighted by atomic mass is 16.5. The Morgan fingerprint density at radius 1 is 1.09 bits per heavy atom. The van der Waals surface area contributed by atoms with Crippen molar-refractivity contribution in [3.63, 3.8) is 0 Å². The summed E-state index contributed by atoms with van der Waals surface area (Å²) in [7, 11) is 1.99. The number of carbonyl (C=O) groups excluding carboxylic acids is 1. The van der Waals surface area contributed by atoms with Gasteiger partial charge in [-0.3, -0.25) is 9.78 Å². The molecule has 0 fully saturated rings. The van der Waals surface area contributed by atoms with Crippen molar-refractivity contribution < 1.29 is 9.53 Å². The molecule has 2 aromatic carbocycles. The second kappa shape index (κ2) is 8.83. The molecule has 0 radical (unpaired) electrons. The number of imidazole rings is 1. The number of nitrogens with one attached hydrogen (secondary N) is 1. The average molecular weight is 429 g/mol. The Hall–Kier alpha value is -3.67. The molecule has 4 rings (SSSR count). The summed E-state index contributed by atoms with van der Waals surface area (Å²) >= 11 is 0. The zero-order chi connectivity index (χ0) is 22.8. The number of rotatable bonds is 7. The molecule has 0 unspecified atom stereocenters. The van der Waals surface area contributed by atoms with Crippen molar-refractivity contribution >= 4 is 28.5 Å². The molecule has 0 aliphatic heterocycles. The lowest BCUT2D eigenvalue weighted by molar-refractivity contribution is -0.116. The second-order valence-corrected chi connectivity index (χ2v) is 8.46. The normalized spacial score (nSPS) is 11.2. The molecule has 0 saturated heterocycles. The van der Waals surface area contributed by atoms with Crippen molar-refractivity contribution in [1.82, 2.24) is 14.5 Å². The summed E-state index contributed by atoms with van der Waals surface area (Å²) in [4.78, 5) is 20.4. The van der Waals surface area contributed by atoms with Gasteiger partial charge in [-0.2, -0.15) is 0 Å². The van der Waals surface area contributed by atoms with Gasteiger partial charge in [-0.15, -0.1) is 0 Å². The maximum absolute atomic E-state index is 11.4. The van der Waals surface area contributed by atoms with Crippen molar-refractivity contribution in [2.24, 2.45) is 7.05 Å². The van der Waals surface area contributed by atoms with Crippen LogP contribution in [-0.4, -0.2) is 20.3 Å². The number of hydrogen-bond acceptors (Lipinski definition) is 5. The Morgan fingerprint density at radius 2 is 1.88 bits per heavy atom. The van der Waals surface area contributed by atoms with Gasteiger partial charge in [0.15, 0.2) is 0 Å². The molecule has 0 saturated carbocycles. The third-order valence-electron chi connectivity index (χ3n) is 5.46. The van der Waals surface area contributed by atoms with Crippen molar-refractivity contribution in [2.45, 2.75) is 40.0 Å². The minimum absolute atomic E-state index is 0.0682. The van der Waals surface area contributed by atoms with Gasteiger partial charge in [-0.1, -0.05) is 19.9 Å². The van der Waals surface area contributed by atoms with Crippen molar-refractivity contribution in [3.05, 3.63) is 71.5 Å². The van der Waals surface area contributed by atoms with Crippen LogP contribution in [0.3, 0.4) is 0 Å². The summed E-state index contributed by atoms with van der Waals surface area (Å²) in [6.07, 6.45) is 1.95. The molecule has 164 valence electrons. The van der Waals surface area contributed by atoms with E-state index in [-0.39, 0.29) is 5.78 Å². The predicted molar refractivity (Wildman–Crippen MR) is 128 cm³/mol. The van der Waals surface area contributed by atoms with E-state index in [1.165, 1.54) is 11.1 Å². The Balaban J connectivity index is 1.59. The van der Waals surface area contributed by atoms with E-state index in [2.05, 4.69) is 49.3 Å². The van der Waals surface area contributed by atoms with Crippen LogP contribution in [0.2, 0.25) is 0 Å². The molecule has 0 spiro atoms. The lowest BCUT2D eigenvalue weighted by atomic mass is 9.97. The van der Waals surface area contributed by atoms with Gasteiger partial charge in [0.2, 0.25) is 5.95 Å². The molecule has 2 aromatic heterocycles. The van der Waals surface area contributed by atoms with Crippen LogP contribution in [-0.2, 0) is 18.3 Å². The topological polar surface area (TPSA) is 69.0 Å². The number of aromatic nitrogens is 3. The maximum Gasteiger partial charge on any atom is 0.208 e. The Labute approximate surface area is 188 Å². The standard InChI is InChI=1S/C26H28N4O2/c1-16(2)23-14-19(7-6-17(23)3)28-26-29-24-15-21(8-9-25(24)30(26)5)32-22-10-11-27-20(13-22)12-18(4)31/h6-11,13-16H,12H2,1-5H3,(H,28,29). The number of fused-ring (bicyclic) bond motifs is 1. The molecule has 0 aliphatic rings. The van der Waals surface area contributed by atoms with Gasteiger partial charge in [-0.25, -0.2) is 4.98 Å². The van der Waals surface area contributed by atoms with Crippen molar-refractivity contribution in [1.29, 1.82) is 0 Å². The van der Waals surface area contributed by atoms with Gasteiger partial charge in [0, 0.05) is 37.5 Å². The first kappa shape index (κ1) is 21.6. The minimum atomic E-state index is 0.0682. The van der Waals surface area contributed by atoms with E-state index >= 15 is 0 Å². The van der Waals surface area contributed by atoms with Crippen LogP contribution in [0.5, 0.6) is 11.5 Å². The predicted octanol–water partition coefficient (Wildman–Crippen LogP) is 6.07. The summed E-state index contributed by atoms with van der Waals surface area (Å²) in [5.41, 5.74) is 6.17. The van der Waals surface area contributed by atoms with E-state index in [9.17, 15) is 4.79 Å². The highest BCUT2D eigenvalue weighted by molar-refractivity contribution is 5.81. The Kier molecular flexibility index (Phi) is 5.95. The summed E-state index contributed by atoms with van der Waals surface area (Å²) in [5, 5.41) is 3.45. The molecule has 1 N–H and O–H groups in total. The van der Waals surface area contributed by atoms with Crippen molar-refractivity contribution in [3.8, 4) is 11.5 Å². The molecule has 6 heteroatoms. The second-order valence-electron chi connectivity index (χ2n) is 8.46. The summed E-state index contributed by atoms with van der Waals surface area (Å²) in [6, 6.07) is 15.8. The minimum Gasteiger partial charge on any atom is -0.457 e. The quantitative estimate of drug-likeness (QED) is 0.387. The number of anilines is 2. The van der Waals surface area contributed by atoms with Crippen LogP contribution in [0.25, 0.3) is 11.0 Å². The fourth-order valence-corrected chi connectivity index (χ4v) is 3.83. The SMILES string of the molecule is CC(=O)Cc1cc(Oc2ccc3c(c2)nc(Nc2ccc(C)c(C(C)C)c2)n3C)ccn1. The molecule has 6 nitrogen and oxygen atoms in total. The molecule has 0 aliphatic carbocycles. The smallest absolute Gasteiger partial charge is 0.208 e. The maximum atomic E-state index is 11.4. The number of ether oxygens (including phenoxy) is 1. The number of nitrogens with zero attached hydrogens (tertiary/aromatic N) is 3. The highest BCUT2D eigenvalue weighted by Crippen LogP contribution is 2.29. The van der Waals surface area contributed by atoms with Crippen LogP contribution in [0.15, 0.2) is 54.7 Å². The third-order valence-corrected chi connectivity index (χ3v) is 5.46. The molecule has 32 heavy (non-hydrogen) atoms. The molecule has 0 bridgehead atoms. The van der Waals surface area contributed by atoms with Gasteiger partial charge in [0.05, 0.1) is 16.7 Å². The van der Waals surface area contributed by atoms with Crippen molar-refractivity contribution in [2.75, 3.05) is 5.32 Å². The molecule has 0 atom stereocenters. The Bertz CT molecular complexity index is 1290. The van der Waals surface area contributed by atoms with E-state index in [0.29, 0.717) is 29.5 Å². The zero-order valence-corrected chi connectivity index (χ0v) is 19.1. The van der Waals surface area contributed by atoms with Crippen LogP contribution in [0.4, 0.5) is 11.6 Å². The molecule has 0 amide bonds. The van der Waals surface area contributed by atoms with Crippen LogP contribution >= 0.6 is 0 Å². The number of pyridine rings is 1. The Morgan fingerprint density at radius 3 is 2.62 bits per heavy atom. The third kappa shape index (κ3) is 4.64. The van der Waals surface area contributed by atoms with Gasteiger partial charge in [0.25, 0.3) is 0 Å². The first-order chi connectivity index (χ1) is 15.3. The summed E-state index contributed by atoms with van der Waals surface area (Å²) in [6.45, 7) is 8.10. The van der Waals surface area contributed by atoms with E-state index in [1.807, 2.05) is 29.8 Å². The van der Waals surface area contributed by atoms with Crippen LogP contribution < -0.4 is 10.1 Å². The molecular weight excluding hydrogens is 400 g/mol. The van der Waals surface area contributed by atoms with E-state index in [0.717, 1.165) is 22.7 Å². The average Bonchev–Trinajstić information content (AvgIpc) is 3.03.